The predicted octanol–water partition coefficient (Wildman–Crippen LogP) is 0.796. The summed E-state index contributed by atoms with van der Waals surface area (Å²) in [4.78, 5) is 23.2. The van der Waals surface area contributed by atoms with Crippen molar-refractivity contribution in [3.8, 4) is 0 Å². The van der Waals surface area contributed by atoms with Crippen molar-refractivity contribution in [3.05, 3.63) is 30.3 Å². The summed E-state index contributed by atoms with van der Waals surface area (Å²) in [5.41, 5.74) is 5.94. The Morgan fingerprint density at radius 3 is 2.47 bits per heavy atom. The Kier molecular flexibility index (Phi) is 2.17. The fraction of sp³-hybridized carbons (Fsp3) is 0.200. The lowest BCUT2D eigenvalue weighted by molar-refractivity contribution is 0.205. The number of nitrogens with zero attached hydrogens (tertiary/aromatic N) is 1. The van der Waals surface area contributed by atoms with Crippen LogP contribution in [-0.4, -0.2) is 25.2 Å². The molecule has 15 heavy (non-hydrogen) atoms. The number of benzene rings is 1. The number of primary amides is 1. The standard InChI is InChI=1S/C10H11N3O2/c11-9(14)13(7-6-12-10(13)15)8-4-2-1-3-5-8/h1-5H,6-7H2,(H2-,11,12,14,15)/p+1. The number of carbonyl (C=O) groups excluding carboxylic acids is 2. The molecule has 1 fully saturated rings. The molecule has 3 N–H and O–H groups in total. The minimum absolute atomic E-state index is 0.353. The zero-order valence-corrected chi connectivity index (χ0v) is 8.14. The van der Waals surface area contributed by atoms with Crippen LogP contribution >= 0.6 is 0 Å². The van der Waals surface area contributed by atoms with Crippen LogP contribution < -0.4 is 15.5 Å². The van der Waals surface area contributed by atoms with Crippen LogP contribution in [0.3, 0.4) is 0 Å². The smallest absolute Gasteiger partial charge is 0.318 e. The summed E-state index contributed by atoms with van der Waals surface area (Å²) in [6, 6.07) is 7.86. The Hall–Kier alpha value is -1.88. The number of carbonyl (C=O) groups is 2. The zero-order chi connectivity index (χ0) is 10.9. The van der Waals surface area contributed by atoms with E-state index in [4.69, 9.17) is 5.73 Å². The quantitative estimate of drug-likeness (QED) is 0.667. The molecule has 4 amide bonds. The molecule has 78 valence electrons. The maximum atomic E-state index is 11.7. The molecule has 0 aromatic heterocycles. The fourth-order valence-electron chi connectivity index (χ4n) is 1.83. The Morgan fingerprint density at radius 1 is 1.33 bits per heavy atom. The van der Waals surface area contributed by atoms with Crippen LogP contribution in [0, 0.1) is 0 Å². The van der Waals surface area contributed by atoms with Crippen LogP contribution in [0.4, 0.5) is 15.3 Å². The fourth-order valence-corrected chi connectivity index (χ4v) is 1.83. The third-order valence-corrected chi connectivity index (χ3v) is 2.64. The normalized spacial score (nSPS) is 24.9. The Bertz CT molecular complexity index is 404. The van der Waals surface area contributed by atoms with Gasteiger partial charge in [0.05, 0.1) is 6.54 Å². The van der Waals surface area contributed by atoms with E-state index in [-0.39, 0.29) is 6.03 Å². The highest BCUT2D eigenvalue weighted by molar-refractivity contribution is 6.08. The topological polar surface area (TPSA) is 72.2 Å². The molecule has 1 aromatic carbocycles. The van der Waals surface area contributed by atoms with Gasteiger partial charge in [0.2, 0.25) is 0 Å². The van der Waals surface area contributed by atoms with Gasteiger partial charge in [-0.25, -0.2) is 9.59 Å². The van der Waals surface area contributed by atoms with E-state index in [1.54, 1.807) is 24.3 Å². The monoisotopic (exact) mass is 206 g/mol. The Morgan fingerprint density at radius 2 is 2.00 bits per heavy atom. The Balaban J connectivity index is 2.53. The minimum atomic E-state index is -0.642. The molecular weight excluding hydrogens is 194 g/mol. The molecule has 1 saturated heterocycles. The average molecular weight is 206 g/mol. The number of hydrogen-bond acceptors (Lipinski definition) is 2. The van der Waals surface area contributed by atoms with Crippen LogP contribution in [0.2, 0.25) is 0 Å². The van der Waals surface area contributed by atoms with Crippen molar-refractivity contribution in [1.82, 2.24) is 9.80 Å². The van der Waals surface area contributed by atoms with Gasteiger partial charge in [-0.2, -0.15) is 0 Å². The van der Waals surface area contributed by atoms with Crippen LogP contribution in [0.25, 0.3) is 0 Å². The first-order valence-corrected chi connectivity index (χ1v) is 4.70. The van der Waals surface area contributed by atoms with Gasteiger partial charge in [0.1, 0.15) is 6.54 Å². The summed E-state index contributed by atoms with van der Waals surface area (Å²) >= 11 is 0. The summed E-state index contributed by atoms with van der Waals surface area (Å²) < 4.78 is -0.430. The molecule has 0 spiro atoms. The lowest BCUT2D eigenvalue weighted by atomic mass is 10.2. The number of amides is 4. The molecule has 1 heterocycles. The van der Waals surface area contributed by atoms with Gasteiger partial charge in [-0.1, -0.05) is 18.2 Å². The summed E-state index contributed by atoms with van der Waals surface area (Å²) in [6.07, 6.45) is 0. The van der Waals surface area contributed by atoms with Crippen molar-refractivity contribution in [1.29, 1.82) is 0 Å². The van der Waals surface area contributed by atoms with Gasteiger partial charge in [0, 0.05) is 12.1 Å². The van der Waals surface area contributed by atoms with Crippen molar-refractivity contribution in [2.24, 2.45) is 5.73 Å². The minimum Gasteiger partial charge on any atom is -0.318 e. The van der Waals surface area contributed by atoms with E-state index >= 15 is 0 Å². The average Bonchev–Trinajstić information content (AvgIpc) is 2.62. The van der Waals surface area contributed by atoms with Crippen molar-refractivity contribution in [3.63, 3.8) is 0 Å². The maximum Gasteiger partial charge on any atom is 0.431 e. The second-order valence-corrected chi connectivity index (χ2v) is 3.44. The molecule has 0 aliphatic carbocycles. The number of nitrogens with two attached hydrogens (primary N) is 1. The van der Waals surface area contributed by atoms with E-state index in [9.17, 15) is 9.59 Å². The summed E-state index contributed by atoms with van der Waals surface area (Å²) in [5, 5.41) is 2.62. The van der Waals surface area contributed by atoms with Crippen molar-refractivity contribution < 1.29 is 9.59 Å². The molecule has 0 saturated carbocycles. The SMILES string of the molecule is NC(=O)[N+]1(c2ccccc2)CCNC1=O. The van der Waals surface area contributed by atoms with Crippen molar-refractivity contribution in [2.45, 2.75) is 0 Å². The predicted molar refractivity (Wildman–Crippen MR) is 56.1 cm³/mol. The first kappa shape index (κ1) is 9.67. The van der Waals surface area contributed by atoms with Gasteiger partial charge in [-0.3, -0.25) is 5.32 Å². The number of hydrogen-bond donors (Lipinski definition) is 2. The first-order chi connectivity index (χ1) is 7.18. The maximum absolute atomic E-state index is 11.7. The number of nitrogens with one attached hydrogen (secondary N) is 1. The van der Waals surface area contributed by atoms with Gasteiger partial charge in [0.15, 0.2) is 5.69 Å². The van der Waals surface area contributed by atoms with E-state index in [0.29, 0.717) is 18.8 Å². The molecular formula is C10H12N3O2+. The largest absolute Gasteiger partial charge is 0.431 e. The van der Waals surface area contributed by atoms with E-state index < -0.39 is 10.5 Å². The first-order valence-electron chi connectivity index (χ1n) is 4.70. The van der Waals surface area contributed by atoms with Gasteiger partial charge in [0.25, 0.3) is 0 Å². The van der Waals surface area contributed by atoms with Crippen LogP contribution in [-0.2, 0) is 0 Å². The second kappa shape index (κ2) is 3.36. The van der Waals surface area contributed by atoms with Gasteiger partial charge in [-0.15, -0.1) is 4.48 Å². The molecule has 5 heteroatoms. The van der Waals surface area contributed by atoms with E-state index in [0.717, 1.165) is 0 Å². The highest BCUT2D eigenvalue weighted by Crippen LogP contribution is 2.25. The van der Waals surface area contributed by atoms with Gasteiger partial charge in [-0.05, 0) is 0 Å². The lowest BCUT2D eigenvalue weighted by Crippen LogP contribution is -2.59. The van der Waals surface area contributed by atoms with Gasteiger partial charge >= 0.3 is 12.1 Å². The molecule has 1 unspecified atom stereocenters. The number of urea groups is 2. The van der Waals surface area contributed by atoms with Crippen LogP contribution in [0.15, 0.2) is 30.3 Å². The molecule has 0 bridgehead atoms. The van der Waals surface area contributed by atoms with Crippen molar-refractivity contribution in [2.75, 3.05) is 13.1 Å². The third-order valence-electron chi connectivity index (χ3n) is 2.64. The molecule has 2 rings (SSSR count). The van der Waals surface area contributed by atoms with Crippen LogP contribution in [0.5, 0.6) is 0 Å². The highest BCUT2D eigenvalue weighted by atomic mass is 16.2. The molecule has 1 aromatic rings. The number of para-hydroxylation sites is 1. The molecule has 0 radical (unpaired) electrons. The highest BCUT2D eigenvalue weighted by Gasteiger charge is 2.49. The molecule has 1 aliphatic heterocycles. The number of quaternary nitrogens is 1. The third kappa shape index (κ3) is 1.28. The summed E-state index contributed by atoms with van der Waals surface area (Å²) in [6.45, 7) is 0.842. The molecule has 1 aliphatic rings. The summed E-state index contributed by atoms with van der Waals surface area (Å²) in [5.74, 6) is 0. The molecule has 5 nitrogen and oxygen atoms in total. The summed E-state index contributed by atoms with van der Waals surface area (Å²) in [7, 11) is 0. The number of rotatable bonds is 1. The zero-order valence-electron chi connectivity index (χ0n) is 8.14. The van der Waals surface area contributed by atoms with E-state index in [1.807, 2.05) is 6.07 Å². The van der Waals surface area contributed by atoms with Gasteiger partial charge < -0.3 is 5.73 Å². The second-order valence-electron chi connectivity index (χ2n) is 3.44. The lowest BCUT2D eigenvalue weighted by Gasteiger charge is -2.23. The number of imide groups is 1. The molecule has 1 atom stereocenters. The Labute approximate surface area is 87.1 Å². The van der Waals surface area contributed by atoms with Crippen molar-refractivity contribution >= 4 is 17.7 Å². The van der Waals surface area contributed by atoms with E-state index in [2.05, 4.69) is 5.32 Å². The van der Waals surface area contributed by atoms with E-state index in [1.165, 1.54) is 0 Å². The van der Waals surface area contributed by atoms with Crippen LogP contribution in [0.1, 0.15) is 0 Å².